The number of hydrogen-bond acceptors (Lipinski definition) is 5. The number of fused-ring (bicyclic) bond motifs is 1. The number of carbonyl (C=O) groups is 1. The molecule has 0 atom stereocenters. The van der Waals surface area contributed by atoms with Gasteiger partial charge in [-0.2, -0.15) is 0 Å². The number of nitrogens with zero attached hydrogens (tertiary/aromatic N) is 4. The highest BCUT2D eigenvalue weighted by atomic mass is 35.5. The number of carbonyl (C=O) groups excluding carboxylic acids is 1. The summed E-state index contributed by atoms with van der Waals surface area (Å²) < 4.78 is 0. The van der Waals surface area contributed by atoms with Gasteiger partial charge in [-0.1, -0.05) is 48.5 Å². The third kappa shape index (κ3) is 3.69. The molecule has 1 aromatic heterocycles. The lowest BCUT2D eigenvalue weighted by atomic mass is 10.0. The number of hydrazine groups is 1. The molecule has 1 saturated heterocycles. The third-order valence-electron chi connectivity index (χ3n) is 4.82. The topological polar surface area (TPSA) is 61.4 Å². The Kier molecular flexibility index (Phi) is 5.23. The molecule has 4 rings (SSSR count). The van der Waals surface area contributed by atoms with E-state index in [4.69, 9.17) is 11.6 Å². The molecule has 0 spiro atoms. The van der Waals surface area contributed by atoms with Crippen molar-refractivity contribution >= 4 is 34.2 Å². The highest BCUT2D eigenvalue weighted by Gasteiger charge is 2.21. The summed E-state index contributed by atoms with van der Waals surface area (Å²) in [7, 11) is 0. The first-order chi connectivity index (χ1) is 13.7. The maximum absolute atomic E-state index is 11.5. The fourth-order valence-corrected chi connectivity index (χ4v) is 3.66. The van der Waals surface area contributed by atoms with Crippen LogP contribution in [0.2, 0.25) is 5.02 Å². The smallest absolute Gasteiger partial charge is 0.257 e. The van der Waals surface area contributed by atoms with Gasteiger partial charge < -0.3 is 4.90 Å². The highest BCUT2D eigenvalue weighted by molar-refractivity contribution is 6.34. The van der Waals surface area contributed by atoms with Crippen molar-refractivity contribution in [3.8, 4) is 11.1 Å². The van der Waals surface area contributed by atoms with Crippen molar-refractivity contribution in [2.24, 2.45) is 0 Å². The molecule has 2 aromatic carbocycles. The number of aromatic nitrogens is 2. The molecule has 0 aliphatic carbocycles. The fraction of sp³-hybridized carbons (Fsp3) is 0.190. The zero-order valence-corrected chi connectivity index (χ0v) is 16.1. The van der Waals surface area contributed by atoms with Gasteiger partial charge in [-0.3, -0.25) is 10.2 Å². The maximum Gasteiger partial charge on any atom is 0.257 e. The quantitative estimate of drug-likeness (QED) is 0.689. The Morgan fingerprint density at radius 2 is 1.86 bits per heavy atom. The van der Waals surface area contributed by atoms with E-state index >= 15 is 0 Å². The van der Waals surface area contributed by atoms with Crippen LogP contribution in [0.4, 0.5) is 5.82 Å². The second-order valence-electron chi connectivity index (χ2n) is 6.57. The van der Waals surface area contributed by atoms with E-state index in [1.807, 2.05) is 47.5 Å². The molecule has 2 heterocycles. The molecule has 1 amide bonds. The van der Waals surface area contributed by atoms with Crippen LogP contribution in [0, 0.1) is 0 Å². The minimum Gasteiger partial charge on any atom is -0.353 e. The molecule has 0 saturated carbocycles. The Balaban J connectivity index is 1.62. The molecular weight excluding hydrogens is 374 g/mol. The van der Waals surface area contributed by atoms with E-state index in [-0.39, 0.29) is 5.91 Å². The number of hydrogen-bond donors (Lipinski definition) is 1. The molecule has 3 aromatic rings. The number of rotatable bonds is 4. The van der Waals surface area contributed by atoms with Gasteiger partial charge in [-0.15, -0.1) is 0 Å². The lowest BCUT2D eigenvalue weighted by Crippen LogP contribution is -2.53. The summed E-state index contributed by atoms with van der Waals surface area (Å²) in [6.45, 7) is 6.35. The van der Waals surface area contributed by atoms with Gasteiger partial charge in [0, 0.05) is 42.2 Å². The summed E-state index contributed by atoms with van der Waals surface area (Å²) >= 11 is 6.61. The SMILES string of the molecule is C=CC(=O)NN1CCN(c2ncnc3cc(-c4ccccc4)c(Cl)cc23)CC1. The van der Waals surface area contributed by atoms with Crippen molar-refractivity contribution in [2.45, 2.75) is 0 Å². The van der Waals surface area contributed by atoms with Crippen LogP contribution in [-0.4, -0.2) is 47.1 Å². The van der Waals surface area contributed by atoms with Crippen LogP contribution >= 0.6 is 11.6 Å². The minimum atomic E-state index is -0.193. The first-order valence-corrected chi connectivity index (χ1v) is 9.46. The monoisotopic (exact) mass is 393 g/mol. The summed E-state index contributed by atoms with van der Waals surface area (Å²) in [6, 6.07) is 14.0. The molecule has 1 aliphatic heterocycles. The van der Waals surface area contributed by atoms with E-state index < -0.39 is 0 Å². The van der Waals surface area contributed by atoms with E-state index in [0.717, 1.165) is 40.9 Å². The Hall–Kier alpha value is -2.96. The first kappa shape index (κ1) is 18.4. The van der Waals surface area contributed by atoms with Gasteiger partial charge in [0.25, 0.3) is 5.91 Å². The third-order valence-corrected chi connectivity index (χ3v) is 5.13. The Bertz CT molecular complexity index is 1020. The molecule has 0 radical (unpaired) electrons. The predicted octanol–water partition coefficient (Wildman–Crippen LogP) is 3.29. The number of anilines is 1. The summed E-state index contributed by atoms with van der Waals surface area (Å²) in [4.78, 5) is 22.6. The second kappa shape index (κ2) is 7.96. The largest absolute Gasteiger partial charge is 0.353 e. The highest BCUT2D eigenvalue weighted by Crippen LogP contribution is 2.34. The van der Waals surface area contributed by atoms with E-state index in [0.29, 0.717) is 18.1 Å². The standard InChI is InChI=1S/C21H20ClN5O/c1-2-20(28)25-27-10-8-26(9-11-27)21-17-12-18(22)16(13-19(17)23-14-24-21)15-6-4-3-5-7-15/h2-7,12-14H,1,8-11H2,(H,25,28). The first-order valence-electron chi connectivity index (χ1n) is 9.08. The average Bonchev–Trinajstić information content (AvgIpc) is 2.74. The molecule has 7 heteroatoms. The Labute approximate surface area is 168 Å². The van der Waals surface area contributed by atoms with Gasteiger partial charge >= 0.3 is 0 Å². The van der Waals surface area contributed by atoms with E-state index in [2.05, 4.69) is 26.9 Å². The lowest BCUT2D eigenvalue weighted by Gasteiger charge is -2.35. The van der Waals surface area contributed by atoms with Crippen molar-refractivity contribution in [3.63, 3.8) is 0 Å². The van der Waals surface area contributed by atoms with Crippen molar-refractivity contribution in [2.75, 3.05) is 31.1 Å². The van der Waals surface area contributed by atoms with Gasteiger partial charge in [-0.25, -0.2) is 15.0 Å². The number of amides is 1. The van der Waals surface area contributed by atoms with Gasteiger partial charge in [0.15, 0.2) is 0 Å². The van der Waals surface area contributed by atoms with Crippen LogP contribution in [0.15, 0.2) is 61.4 Å². The Morgan fingerprint density at radius 3 is 2.57 bits per heavy atom. The van der Waals surface area contributed by atoms with Gasteiger partial charge in [0.1, 0.15) is 12.1 Å². The van der Waals surface area contributed by atoms with Crippen LogP contribution in [0.3, 0.4) is 0 Å². The molecule has 1 aliphatic rings. The van der Waals surface area contributed by atoms with E-state index in [1.54, 1.807) is 6.33 Å². The Morgan fingerprint density at radius 1 is 1.11 bits per heavy atom. The van der Waals surface area contributed by atoms with Crippen molar-refractivity contribution in [1.29, 1.82) is 0 Å². The number of benzene rings is 2. The average molecular weight is 394 g/mol. The molecule has 6 nitrogen and oxygen atoms in total. The molecule has 1 N–H and O–H groups in total. The molecule has 1 fully saturated rings. The van der Waals surface area contributed by atoms with Gasteiger partial charge in [-0.05, 0) is 23.8 Å². The van der Waals surface area contributed by atoms with Crippen molar-refractivity contribution in [3.05, 3.63) is 66.5 Å². The zero-order chi connectivity index (χ0) is 19.5. The van der Waals surface area contributed by atoms with Gasteiger partial charge in [0.2, 0.25) is 0 Å². The second-order valence-corrected chi connectivity index (χ2v) is 6.97. The minimum absolute atomic E-state index is 0.193. The summed E-state index contributed by atoms with van der Waals surface area (Å²) in [5, 5.41) is 3.49. The lowest BCUT2D eigenvalue weighted by molar-refractivity contribution is -0.121. The van der Waals surface area contributed by atoms with Crippen LogP contribution in [-0.2, 0) is 4.79 Å². The maximum atomic E-state index is 11.5. The van der Waals surface area contributed by atoms with Crippen LogP contribution < -0.4 is 10.3 Å². The summed E-state index contributed by atoms with van der Waals surface area (Å²) in [5.41, 5.74) is 5.68. The van der Waals surface area contributed by atoms with Gasteiger partial charge in [0.05, 0.1) is 5.52 Å². The fourth-order valence-electron chi connectivity index (χ4n) is 3.39. The normalized spacial score (nSPS) is 14.8. The predicted molar refractivity (Wildman–Crippen MR) is 112 cm³/mol. The summed E-state index contributed by atoms with van der Waals surface area (Å²) in [5.74, 6) is 0.669. The van der Waals surface area contributed by atoms with Crippen LogP contribution in [0.5, 0.6) is 0 Å². The van der Waals surface area contributed by atoms with E-state index in [1.165, 1.54) is 6.08 Å². The number of nitrogens with one attached hydrogen (secondary N) is 1. The molecule has 28 heavy (non-hydrogen) atoms. The molecular formula is C21H20ClN5O. The molecule has 0 unspecified atom stereocenters. The molecule has 0 bridgehead atoms. The van der Waals surface area contributed by atoms with Crippen molar-refractivity contribution < 1.29 is 4.79 Å². The summed E-state index contributed by atoms with van der Waals surface area (Å²) in [6.07, 6.45) is 2.86. The van der Waals surface area contributed by atoms with E-state index in [9.17, 15) is 4.79 Å². The molecule has 142 valence electrons. The van der Waals surface area contributed by atoms with Crippen molar-refractivity contribution in [1.82, 2.24) is 20.4 Å². The van der Waals surface area contributed by atoms with Crippen LogP contribution in [0.1, 0.15) is 0 Å². The number of halogens is 1. The van der Waals surface area contributed by atoms with Crippen LogP contribution in [0.25, 0.3) is 22.0 Å². The number of piperazine rings is 1. The zero-order valence-electron chi connectivity index (χ0n) is 15.3.